The quantitative estimate of drug-likeness (QED) is 0.319. The molecule has 3 atom stereocenters. The van der Waals surface area contributed by atoms with Crippen molar-refractivity contribution in [1.29, 1.82) is 0 Å². The number of hydrogen-bond donors (Lipinski definition) is 0. The molecule has 2 aromatic rings. The average molecular weight is 518 g/mol. The number of allylic oxidation sites excluding steroid dienone is 3. The molecule has 0 unspecified atom stereocenters. The van der Waals surface area contributed by atoms with E-state index in [1.807, 2.05) is 30.4 Å². The van der Waals surface area contributed by atoms with Crippen LogP contribution >= 0.6 is 31.9 Å². The molecule has 1 heterocycles. The molecule has 2 nitrogen and oxygen atoms in total. The molecular weight excluding hydrogens is 499 g/mol. The minimum absolute atomic E-state index is 0.0355. The van der Waals surface area contributed by atoms with Crippen molar-refractivity contribution in [3.63, 3.8) is 0 Å². The summed E-state index contributed by atoms with van der Waals surface area (Å²) in [6.45, 7) is 0. The summed E-state index contributed by atoms with van der Waals surface area (Å²) >= 11 is 6.83. The lowest BCUT2D eigenvalue weighted by atomic mass is 9.60. The highest BCUT2D eigenvalue weighted by atomic mass is 79.9. The van der Waals surface area contributed by atoms with E-state index < -0.39 is 5.41 Å². The second-order valence-electron chi connectivity index (χ2n) is 7.30. The molecule has 0 radical (unpaired) electrons. The number of carbonyl (C=O) groups is 1. The number of rotatable bonds is 4. The van der Waals surface area contributed by atoms with Crippen molar-refractivity contribution in [3.8, 4) is 0 Å². The number of carbonyl (C=O) groups excluding carboxylic acids is 1. The van der Waals surface area contributed by atoms with E-state index in [0.717, 1.165) is 15.4 Å². The number of esters is 1. The molecule has 1 aliphatic heterocycles. The van der Waals surface area contributed by atoms with E-state index >= 15 is 0 Å². The van der Waals surface area contributed by atoms with E-state index in [4.69, 9.17) is 4.74 Å². The zero-order chi connectivity index (χ0) is 20.4. The second-order valence-corrected chi connectivity index (χ2v) is 10.1. The van der Waals surface area contributed by atoms with Crippen LogP contribution in [-0.4, -0.2) is 5.97 Å². The van der Waals surface area contributed by atoms with E-state index in [-0.39, 0.29) is 23.6 Å². The fourth-order valence-corrected chi connectivity index (χ4v) is 4.70. The zero-order valence-corrected chi connectivity index (χ0v) is 18.7. The number of ether oxygens (including phenoxy) is 1. The van der Waals surface area contributed by atoms with Gasteiger partial charge in [-0.05, 0) is 80.6 Å². The molecule has 0 saturated heterocycles. The Morgan fingerprint density at radius 2 is 1.86 bits per heavy atom. The summed E-state index contributed by atoms with van der Waals surface area (Å²) in [6.07, 6.45) is 9.67. The molecule has 2 aromatic carbocycles. The normalized spacial score (nSPS) is 25.6. The van der Waals surface area contributed by atoms with Crippen LogP contribution in [-0.2, 0) is 9.53 Å². The SMILES string of the molecule is O=C1OC(c2ccc(F)cc2)=C[C@@]12[C@@H](CC=C(Br)Br)C=CC[C@@H]2c1ccccc1. The standard InChI is InChI=1S/C24H19Br2FO2/c25-22(26)14-11-18-7-4-8-20(16-5-2-1-3-6-16)24(18)15-21(29-23(24)28)17-9-12-19(27)13-10-17/h1-7,9-10,12-15,18,20H,8,11H2/t18-,20-,24+/m1/s1. The summed E-state index contributed by atoms with van der Waals surface area (Å²) in [5.74, 6) is -0.165. The Bertz CT molecular complexity index is 991. The van der Waals surface area contributed by atoms with Gasteiger partial charge >= 0.3 is 5.97 Å². The Morgan fingerprint density at radius 1 is 1.14 bits per heavy atom. The fourth-order valence-electron chi connectivity index (χ4n) is 4.33. The molecule has 29 heavy (non-hydrogen) atoms. The molecule has 148 valence electrons. The molecule has 0 N–H and O–H groups in total. The van der Waals surface area contributed by atoms with Gasteiger partial charge in [0.25, 0.3) is 0 Å². The second kappa shape index (κ2) is 8.41. The molecule has 5 heteroatoms. The Morgan fingerprint density at radius 3 is 2.55 bits per heavy atom. The highest BCUT2D eigenvalue weighted by Crippen LogP contribution is 2.55. The van der Waals surface area contributed by atoms with Crippen molar-refractivity contribution >= 4 is 43.6 Å². The summed E-state index contributed by atoms with van der Waals surface area (Å²) in [4.78, 5) is 13.4. The number of halogens is 3. The van der Waals surface area contributed by atoms with Crippen LogP contribution in [0.4, 0.5) is 4.39 Å². The Labute approximate surface area is 186 Å². The first-order chi connectivity index (χ1) is 14.0. The largest absolute Gasteiger partial charge is 0.426 e. The van der Waals surface area contributed by atoms with Crippen LogP contribution in [0.25, 0.3) is 5.76 Å². The number of hydrogen-bond acceptors (Lipinski definition) is 2. The Hall–Kier alpha value is -1.98. The summed E-state index contributed by atoms with van der Waals surface area (Å²) in [5, 5.41) is 0. The first-order valence-corrected chi connectivity index (χ1v) is 11.0. The summed E-state index contributed by atoms with van der Waals surface area (Å²) < 4.78 is 20.0. The van der Waals surface area contributed by atoms with Crippen LogP contribution in [0.5, 0.6) is 0 Å². The Kier molecular flexibility index (Phi) is 5.88. The Balaban J connectivity index is 1.84. The van der Waals surface area contributed by atoms with Gasteiger partial charge in [-0.1, -0.05) is 48.6 Å². The van der Waals surface area contributed by atoms with Gasteiger partial charge in [0, 0.05) is 17.4 Å². The first-order valence-electron chi connectivity index (χ1n) is 9.44. The molecule has 1 aliphatic carbocycles. The maximum absolute atomic E-state index is 13.4. The van der Waals surface area contributed by atoms with Crippen molar-refractivity contribution in [2.75, 3.05) is 0 Å². The lowest BCUT2D eigenvalue weighted by Crippen LogP contribution is -2.41. The summed E-state index contributed by atoms with van der Waals surface area (Å²) in [5.41, 5.74) is 0.998. The van der Waals surface area contributed by atoms with Gasteiger partial charge < -0.3 is 4.74 Å². The van der Waals surface area contributed by atoms with Crippen LogP contribution in [0.2, 0.25) is 0 Å². The third-order valence-electron chi connectivity index (χ3n) is 5.71. The van der Waals surface area contributed by atoms with Gasteiger partial charge in [0.15, 0.2) is 0 Å². The maximum Gasteiger partial charge on any atom is 0.322 e. The van der Waals surface area contributed by atoms with Crippen LogP contribution in [0.3, 0.4) is 0 Å². The van der Waals surface area contributed by atoms with Crippen molar-refractivity contribution in [3.05, 3.63) is 99.2 Å². The van der Waals surface area contributed by atoms with Crippen LogP contribution < -0.4 is 0 Å². The molecule has 2 aliphatic rings. The monoisotopic (exact) mass is 516 g/mol. The smallest absolute Gasteiger partial charge is 0.322 e. The van der Waals surface area contributed by atoms with E-state index in [1.165, 1.54) is 12.1 Å². The average Bonchev–Trinajstić information content (AvgIpc) is 3.05. The minimum Gasteiger partial charge on any atom is -0.426 e. The van der Waals surface area contributed by atoms with Crippen molar-refractivity contribution in [2.24, 2.45) is 11.3 Å². The van der Waals surface area contributed by atoms with Crippen LogP contribution in [0, 0.1) is 17.2 Å². The van der Waals surface area contributed by atoms with Gasteiger partial charge in [-0.25, -0.2) is 4.39 Å². The maximum atomic E-state index is 13.4. The molecule has 0 aromatic heterocycles. The van der Waals surface area contributed by atoms with Gasteiger partial charge in [0.05, 0.1) is 3.39 Å². The summed E-state index contributed by atoms with van der Waals surface area (Å²) in [6, 6.07) is 16.2. The highest BCUT2D eigenvalue weighted by Gasteiger charge is 2.55. The zero-order valence-electron chi connectivity index (χ0n) is 15.5. The number of cyclic esters (lactones) is 1. The van der Waals surface area contributed by atoms with E-state index in [0.29, 0.717) is 17.7 Å². The van der Waals surface area contributed by atoms with E-state index in [9.17, 15) is 9.18 Å². The topological polar surface area (TPSA) is 26.3 Å². The summed E-state index contributed by atoms with van der Waals surface area (Å²) in [7, 11) is 0. The fraction of sp³-hybridized carbons (Fsp3) is 0.208. The van der Waals surface area contributed by atoms with Crippen molar-refractivity contribution < 1.29 is 13.9 Å². The molecular formula is C24H19Br2FO2. The molecule has 0 fully saturated rings. The minimum atomic E-state index is -0.814. The molecule has 1 spiro atoms. The lowest BCUT2D eigenvalue weighted by molar-refractivity contribution is -0.146. The van der Waals surface area contributed by atoms with Gasteiger partial charge in [0.1, 0.15) is 17.0 Å². The molecule has 0 bridgehead atoms. The molecule has 0 amide bonds. The van der Waals surface area contributed by atoms with Gasteiger partial charge in [-0.3, -0.25) is 4.79 Å². The van der Waals surface area contributed by atoms with Gasteiger partial charge in [-0.2, -0.15) is 0 Å². The van der Waals surface area contributed by atoms with Gasteiger partial charge in [-0.15, -0.1) is 0 Å². The first kappa shape index (κ1) is 20.3. The van der Waals surface area contributed by atoms with Crippen molar-refractivity contribution in [1.82, 2.24) is 0 Å². The van der Waals surface area contributed by atoms with Crippen molar-refractivity contribution in [2.45, 2.75) is 18.8 Å². The van der Waals surface area contributed by atoms with E-state index in [2.05, 4.69) is 56.1 Å². The third kappa shape index (κ3) is 3.90. The third-order valence-corrected chi connectivity index (χ3v) is 6.36. The molecule has 4 rings (SSSR count). The van der Waals surface area contributed by atoms with Crippen LogP contribution in [0.1, 0.15) is 29.9 Å². The van der Waals surface area contributed by atoms with E-state index in [1.54, 1.807) is 12.1 Å². The number of benzene rings is 2. The van der Waals surface area contributed by atoms with Crippen LogP contribution in [0.15, 0.2) is 82.3 Å². The lowest BCUT2D eigenvalue weighted by Gasteiger charge is -2.40. The van der Waals surface area contributed by atoms with Gasteiger partial charge in [0.2, 0.25) is 0 Å². The molecule has 0 saturated carbocycles. The highest BCUT2D eigenvalue weighted by molar-refractivity contribution is 9.28. The predicted molar refractivity (Wildman–Crippen MR) is 120 cm³/mol. The predicted octanol–water partition coefficient (Wildman–Crippen LogP) is 7.09.